The summed E-state index contributed by atoms with van der Waals surface area (Å²) in [6, 6.07) is 4.72. The van der Waals surface area contributed by atoms with Crippen LogP contribution in [0.5, 0.6) is 0 Å². The summed E-state index contributed by atoms with van der Waals surface area (Å²) in [6.45, 7) is 2.46. The Kier molecular flexibility index (Phi) is 11.7. The molecule has 0 saturated carbocycles. The zero-order chi connectivity index (χ0) is 16.9. The topological polar surface area (TPSA) is 6.48 Å². The molecule has 0 saturated heterocycles. The molecule has 1 aromatic rings. The van der Waals surface area contributed by atoms with E-state index in [0.29, 0.717) is 0 Å². The maximum Gasteiger partial charge on any atom is 0.00481 e. The quantitative estimate of drug-likeness (QED) is 0.437. The molecular weight excluding hydrogens is 300 g/mol. The van der Waals surface area contributed by atoms with Crippen molar-refractivity contribution < 1.29 is 0 Å². The third-order valence-corrected chi connectivity index (χ3v) is 5.48. The van der Waals surface area contributed by atoms with Crippen LogP contribution in [0.25, 0.3) is 0 Å². The van der Waals surface area contributed by atoms with E-state index >= 15 is 0 Å². The highest BCUT2D eigenvalue weighted by Crippen LogP contribution is 2.21. The Bertz CT molecular complexity index is 385. The molecule has 1 rings (SSSR count). The Morgan fingerprint density at radius 3 is 1.52 bits per heavy atom. The van der Waals surface area contributed by atoms with Crippen LogP contribution in [0.3, 0.4) is 0 Å². The number of aryl methyl sites for hydroxylation is 2. The minimum absolute atomic E-state index is 1.22. The summed E-state index contributed by atoms with van der Waals surface area (Å²) in [6.07, 6.45) is 13.5. The SMILES string of the molecule is CN(C)CCCCCCCCc1ccc(CCCCN(C)C)s1. The second-order valence-corrected chi connectivity index (χ2v) is 8.56. The van der Waals surface area contributed by atoms with E-state index in [1.807, 2.05) is 11.3 Å². The Morgan fingerprint density at radius 2 is 1.00 bits per heavy atom. The third-order valence-electron chi connectivity index (χ3n) is 4.27. The molecule has 0 aliphatic carbocycles. The normalized spacial score (nSPS) is 11.7. The first-order chi connectivity index (χ1) is 11.1. The fourth-order valence-electron chi connectivity index (χ4n) is 2.85. The van der Waals surface area contributed by atoms with E-state index in [-0.39, 0.29) is 0 Å². The zero-order valence-electron chi connectivity index (χ0n) is 15.9. The maximum absolute atomic E-state index is 2.36. The lowest BCUT2D eigenvalue weighted by Gasteiger charge is -2.08. The molecule has 0 bridgehead atoms. The molecule has 23 heavy (non-hydrogen) atoms. The van der Waals surface area contributed by atoms with E-state index in [1.165, 1.54) is 77.3 Å². The number of rotatable bonds is 14. The van der Waals surface area contributed by atoms with Gasteiger partial charge in [-0.15, -0.1) is 11.3 Å². The lowest BCUT2D eigenvalue weighted by Crippen LogP contribution is -2.12. The summed E-state index contributed by atoms with van der Waals surface area (Å²) >= 11 is 2.05. The molecule has 1 aromatic heterocycles. The fourth-order valence-corrected chi connectivity index (χ4v) is 3.95. The minimum atomic E-state index is 1.22. The summed E-state index contributed by atoms with van der Waals surface area (Å²) in [4.78, 5) is 7.75. The number of hydrogen-bond donors (Lipinski definition) is 0. The number of unbranched alkanes of at least 4 members (excludes halogenated alkanes) is 6. The van der Waals surface area contributed by atoms with Crippen LogP contribution in [0, 0.1) is 0 Å². The van der Waals surface area contributed by atoms with Crippen molar-refractivity contribution in [2.45, 2.75) is 64.2 Å². The van der Waals surface area contributed by atoms with Crippen molar-refractivity contribution >= 4 is 11.3 Å². The molecule has 2 nitrogen and oxygen atoms in total. The van der Waals surface area contributed by atoms with Crippen LogP contribution < -0.4 is 0 Å². The van der Waals surface area contributed by atoms with Crippen LogP contribution in [0.4, 0.5) is 0 Å². The lowest BCUT2D eigenvalue weighted by atomic mass is 10.1. The summed E-state index contributed by atoms with van der Waals surface area (Å²) in [5.41, 5.74) is 0. The van der Waals surface area contributed by atoms with Crippen molar-refractivity contribution in [2.75, 3.05) is 41.3 Å². The van der Waals surface area contributed by atoms with E-state index in [4.69, 9.17) is 0 Å². The molecule has 0 atom stereocenters. The van der Waals surface area contributed by atoms with Crippen molar-refractivity contribution in [3.05, 3.63) is 21.9 Å². The van der Waals surface area contributed by atoms with Crippen LogP contribution in [0.15, 0.2) is 12.1 Å². The molecule has 134 valence electrons. The predicted molar refractivity (Wildman–Crippen MR) is 106 cm³/mol. The smallest absolute Gasteiger partial charge is 0.00481 e. The fraction of sp³-hybridized carbons (Fsp3) is 0.800. The Labute approximate surface area is 148 Å². The van der Waals surface area contributed by atoms with Gasteiger partial charge in [0.2, 0.25) is 0 Å². The lowest BCUT2D eigenvalue weighted by molar-refractivity contribution is 0.389. The highest BCUT2D eigenvalue weighted by molar-refractivity contribution is 7.11. The Hall–Kier alpha value is -0.380. The van der Waals surface area contributed by atoms with Gasteiger partial charge in [0, 0.05) is 9.75 Å². The first-order valence-corrected chi connectivity index (χ1v) is 10.3. The second kappa shape index (κ2) is 13.0. The number of nitrogens with zero attached hydrogens (tertiary/aromatic N) is 2. The predicted octanol–water partition coefficient (Wildman–Crippen LogP) is 5.08. The molecule has 1 heterocycles. The molecule has 0 amide bonds. The summed E-state index contributed by atoms with van der Waals surface area (Å²) < 4.78 is 0. The van der Waals surface area contributed by atoms with Crippen molar-refractivity contribution in [1.82, 2.24) is 9.80 Å². The molecule has 0 unspecified atom stereocenters. The Morgan fingerprint density at radius 1 is 0.609 bits per heavy atom. The molecule has 0 spiro atoms. The molecule has 3 heteroatoms. The third kappa shape index (κ3) is 11.7. The minimum Gasteiger partial charge on any atom is -0.309 e. The van der Waals surface area contributed by atoms with Crippen LogP contribution in [0.1, 0.15) is 61.1 Å². The van der Waals surface area contributed by atoms with Gasteiger partial charge in [-0.25, -0.2) is 0 Å². The molecule has 0 radical (unpaired) electrons. The van der Waals surface area contributed by atoms with E-state index in [1.54, 1.807) is 9.75 Å². The van der Waals surface area contributed by atoms with Crippen molar-refractivity contribution in [3.63, 3.8) is 0 Å². The average molecular weight is 339 g/mol. The first-order valence-electron chi connectivity index (χ1n) is 9.45. The van der Waals surface area contributed by atoms with Gasteiger partial charge < -0.3 is 9.80 Å². The van der Waals surface area contributed by atoms with E-state index in [0.717, 1.165) is 0 Å². The van der Waals surface area contributed by atoms with Gasteiger partial charge in [0.25, 0.3) is 0 Å². The first kappa shape index (κ1) is 20.7. The van der Waals surface area contributed by atoms with Crippen LogP contribution in [0.2, 0.25) is 0 Å². The molecule has 0 fully saturated rings. The molecule has 0 aromatic carbocycles. The van der Waals surface area contributed by atoms with Gasteiger partial charge in [0.05, 0.1) is 0 Å². The van der Waals surface area contributed by atoms with Crippen LogP contribution in [-0.4, -0.2) is 51.1 Å². The largest absolute Gasteiger partial charge is 0.309 e. The molecular formula is C20H38N2S. The average Bonchev–Trinajstić information content (AvgIpc) is 2.94. The highest BCUT2D eigenvalue weighted by atomic mass is 32.1. The van der Waals surface area contributed by atoms with Crippen molar-refractivity contribution in [3.8, 4) is 0 Å². The van der Waals surface area contributed by atoms with Gasteiger partial charge in [0.1, 0.15) is 0 Å². The van der Waals surface area contributed by atoms with Gasteiger partial charge >= 0.3 is 0 Å². The van der Waals surface area contributed by atoms with Gasteiger partial charge in [0.15, 0.2) is 0 Å². The Balaban J connectivity index is 1.99. The van der Waals surface area contributed by atoms with Gasteiger partial charge in [-0.2, -0.15) is 0 Å². The molecule has 0 aliphatic rings. The summed E-state index contributed by atoms with van der Waals surface area (Å²) in [7, 11) is 8.64. The molecule has 0 aliphatic heterocycles. The summed E-state index contributed by atoms with van der Waals surface area (Å²) in [5.74, 6) is 0. The molecule has 0 N–H and O–H groups in total. The zero-order valence-corrected chi connectivity index (χ0v) is 16.8. The van der Waals surface area contributed by atoms with E-state index < -0.39 is 0 Å². The monoisotopic (exact) mass is 338 g/mol. The van der Waals surface area contributed by atoms with Gasteiger partial charge in [-0.3, -0.25) is 0 Å². The van der Waals surface area contributed by atoms with E-state index in [2.05, 4.69) is 50.1 Å². The number of hydrogen-bond acceptors (Lipinski definition) is 3. The standard InChI is InChI=1S/C20H38N2S/c1-21(2)17-11-8-6-5-7-9-13-19-15-16-20(23-19)14-10-12-18-22(3)4/h15-16H,5-14,17-18H2,1-4H3. The van der Waals surface area contributed by atoms with Crippen molar-refractivity contribution in [2.24, 2.45) is 0 Å². The second-order valence-electron chi connectivity index (χ2n) is 7.30. The van der Waals surface area contributed by atoms with Crippen molar-refractivity contribution in [1.29, 1.82) is 0 Å². The van der Waals surface area contributed by atoms with E-state index in [9.17, 15) is 0 Å². The van der Waals surface area contributed by atoms with Crippen LogP contribution in [-0.2, 0) is 12.8 Å². The van der Waals surface area contributed by atoms with Gasteiger partial charge in [-0.05, 0) is 91.9 Å². The maximum atomic E-state index is 2.36. The number of thiophene rings is 1. The van der Waals surface area contributed by atoms with Crippen LogP contribution >= 0.6 is 11.3 Å². The van der Waals surface area contributed by atoms with Gasteiger partial charge in [-0.1, -0.05) is 25.7 Å². The highest BCUT2D eigenvalue weighted by Gasteiger charge is 2.01. The summed E-state index contributed by atoms with van der Waals surface area (Å²) in [5, 5.41) is 0.